The molecule has 1 heterocycles. The molecule has 322 valence electrons. The van der Waals surface area contributed by atoms with Crippen molar-refractivity contribution in [3.8, 4) is 11.1 Å². The summed E-state index contributed by atoms with van der Waals surface area (Å²) in [6, 6.07) is 65.7. The van der Waals surface area contributed by atoms with Gasteiger partial charge in [0.15, 0.2) is 5.67 Å². The van der Waals surface area contributed by atoms with Crippen LogP contribution in [0.1, 0.15) is 75.9 Å². The van der Waals surface area contributed by atoms with Crippen molar-refractivity contribution in [2.75, 3.05) is 7.05 Å². The van der Waals surface area contributed by atoms with Gasteiger partial charge in [-0.15, -0.1) is 0 Å². The van der Waals surface area contributed by atoms with Gasteiger partial charge in [-0.3, -0.25) is 9.98 Å². The monoisotopic (exact) mass is 858 g/mol. The number of nitrogens with zero attached hydrogens (tertiary/aromatic N) is 2. The summed E-state index contributed by atoms with van der Waals surface area (Å²) >= 11 is 0. The van der Waals surface area contributed by atoms with Gasteiger partial charge in [-0.25, -0.2) is 4.39 Å². The average Bonchev–Trinajstić information content (AvgIpc) is 4.18. The number of alkyl halides is 1. The van der Waals surface area contributed by atoms with E-state index in [1.54, 1.807) is 14.0 Å². The Bertz CT molecular complexity index is 3110. The number of fused-ring (bicyclic) bond motifs is 4. The maximum Gasteiger partial charge on any atom is 0.156 e. The van der Waals surface area contributed by atoms with Crippen molar-refractivity contribution in [2.45, 2.75) is 38.0 Å². The minimum Gasteiger partial charge on any atom is -0.377 e. The molecule has 11 rings (SSSR count). The van der Waals surface area contributed by atoms with Crippen molar-refractivity contribution in [1.82, 2.24) is 10.6 Å². The van der Waals surface area contributed by atoms with Gasteiger partial charge in [-0.2, -0.15) is 0 Å². The summed E-state index contributed by atoms with van der Waals surface area (Å²) in [5.41, 5.74) is 16.0. The zero-order chi connectivity index (χ0) is 44.6. The molecule has 7 aromatic carbocycles. The molecule has 0 saturated heterocycles. The Labute approximate surface area is 387 Å². The van der Waals surface area contributed by atoms with Crippen LogP contribution >= 0.6 is 0 Å². The molecule has 3 aliphatic carbocycles. The molecule has 1 saturated carbocycles. The van der Waals surface area contributed by atoms with Gasteiger partial charge in [0.1, 0.15) is 11.7 Å². The van der Waals surface area contributed by atoms with Crippen molar-refractivity contribution in [3.05, 3.63) is 262 Å². The molecule has 2 N–H and O–H groups in total. The lowest BCUT2D eigenvalue weighted by Gasteiger charge is -2.23. The third-order valence-corrected chi connectivity index (χ3v) is 13.8. The van der Waals surface area contributed by atoms with E-state index in [9.17, 15) is 0 Å². The molecule has 4 aliphatic rings. The van der Waals surface area contributed by atoms with Crippen molar-refractivity contribution >= 4 is 34.1 Å². The summed E-state index contributed by atoms with van der Waals surface area (Å²) in [6.07, 6.45) is 8.79. The van der Waals surface area contributed by atoms with E-state index in [0.29, 0.717) is 12.5 Å². The molecule has 4 nitrogen and oxygen atoms in total. The van der Waals surface area contributed by atoms with Gasteiger partial charge in [0.05, 0.1) is 12.6 Å². The Balaban J connectivity index is 0.851. The number of benzene rings is 7. The highest BCUT2D eigenvalue weighted by molar-refractivity contribution is 6.14. The van der Waals surface area contributed by atoms with Crippen LogP contribution in [0.4, 0.5) is 4.39 Å². The van der Waals surface area contributed by atoms with Crippen LogP contribution in [-0.2, 0) is 12.2 Å². The fourth-order valence-electron chi connectivity index (χ4n) is 10.3. The Morgan fingerprint density at radius 1 is 0.636 bits per heavy atom. The van der Waals surface area contributed by atoms with Gasteiger partial charge >= 0.3 is 0 Å². The molecule has 0 aromatic heterocycles. The van der Waals surface area contributed by atoms with Gasteiger partial charge in [0.25, 0.3) is 0 Å². The molecule has 7 aromatic rings. The molecule has 66 heavy (non-hydrogen) atoms. The van der Waals surface area contributed by atoms with Gasteiger partial charge in [-0.05, 0) is 111 Å². The molecular formula is C61H51FN4. The standard InChI is InChI=1S/C61H51FN4/c1-61(62)55-33-31-48(42-23-29-47(30-24-42)59(63-2)66-60(46-21-13-6-14-22-46)64-39-40-15-7-3-8-16-40)35-52(55)54-37-50(51-38-53(51)58(54)61)43-25-27-45(28-26-43)56-34-32-49(41-17-9-4-10-18-41)36-57(65-56)44-19-11-5-12-20-44/h3-33,35-37,51,53,56,65H,34,38-39H2,1-2H3,(H,63,64,66). The van der Waals surface area contributed by atoms with Crippen LogP contribution < -0.4 is 10.6 Å². The van der Waals surface area contributed by atoms with E-state index in [2.05, 4.69) is 179 Å². The van der Waals surface area contributed by atoms with Crippen LogP contribution in [-0.4, -0.2) is 18.7 Å². The smallest absolute Gasteiger partial charge is 0.156 e. The highest BCUT2D eigenvalue weighted by atomic mass is 19.1. The number of hydrogen-bond acceptors (Lipinski definition) is 3. The maximum atomic E-state index is 17.1. The predicted octanol–water partition coefficient (Wildman–Crippen LogP) is 13.8. The zero-order valence-electron chi connectivity index (χ0n) is 37.3. The molecule has 0 radical (unpaired) electrons. The SMILES string of the molecule is CN=C(NC(=NCc1ccccc1)c1ccccc1)c1ccc(-c2ccc3c(c2)C2=C(C4CC4C(c4ccc(C5CC=C(c6ccccc6)C=C(c6ccccc6)N5)cc4)=C2)C3(C)F)cc1. The van der Waals surface area contributed by atoms with Crippen LogP contribution in [0.3, 0.4) is 0 Å². The number of amidine groups is 2. The van der Waals surface area contributed by atoms with E-state index >= 15 is 4.39 Å². The molecule has 1 fully saturated rings. The first kappa shape index (κ1) is 41.1. The van der Waals surface area contributed by atoms with Crippen molar-refractivity contribution in [1.29, 1.82) is 0 Å². The number of hydrogen-bond donors (Lipinski definition) is 2. The Morgan fingerprint density at radius 3 is 1.95 bits per heavy atom. The molecule has 4 unspecified atom stereocenters. The minimum absolute atomic E-state index is 0.110. The molecular weight excluding hydrogens is 808 g/mol. The van der Waals surface area contributed by atoms with Crippen LogP contribution in [0.25, 0.3) is 33.5 Å². The highest BCUT2D eigenvalue weighted by Gasteiger charge is 2.55. The second kappa shape index (κ2) is 17.4. The summed E-state index contributed by atoms with van der Waals surface area (Å²) in [4.78, 5) is 9.64. The summed E-state index contributed by atoms with van der Waals surface area (Å²) in [5.74, 6) is 2.04. The fraction of sp³-hybridized carbons (Fsp3) is 0.148. The summed E-state index contributed by atoms with van der Waals surface area (Å²) < 4.78 is 17.1. The first-order chi connectivity index (χ1) is 32.4. The largest absolute Gasteiger partial charge is 0.377 e. The molecule has 0 bridgehead atoms. The first-order valence-electron chi connectivity index (χ1n) is 23.1. The lowest BCUT2D eigenvalue weighted by Crippen LogP contribution is -2.32. The van der Waals surface area contributed by atoms with E-state index in [0.717, 1.165) is 80.3 Å². The Hall–Kier alpha value is -7.63. The van der Waals surface area contributed by atoms with Gasteiger partial charge in [-0.1, -0.05) is 194 Å². The third-order valence-electron chi connectivity index (χ3n) is 13.8. The number of rotatable bonds is 9. The van der Waals surface area contributed by atoms with E-state index in [-0.39, 0.29) is 12.0 Å². The lowest BCUT2D eigenvalue weighted by molar-refractivity contribution is 0.240. The van der Waals surface area contributed by atoms with Crippen LogP contribution in [0, 0.1) is 11.8 Å². The molecule has 5 heteroatoms. The first-order valence-corrected chi connectivity index (χ1v) is 23.1. The minimum atomic E-state index is -1.50. The topological polar surface area (TPSA) is 48.8 Å². The molecule has 1 aliphatic heterocycles. The lowest BCUT2D eigenvalue weighted by atomic mass is 9.84. The Morgan fingerprint density at radius 2 is 1.26 bits per heavy atom. The Kier molecular flexibility index (Phi) is 10.8. The van der Waals surface area contributed by atoms with Crippen LogP contribution in [0.2, 0.25) is 0 Å². The van der Waals surface area contributed by atoms with E-state index in [1.165, 1.54) is 33.4 Å². The number of allylic oxidation sites excluding steroid dienone is 6. The summed E-state index contributed by atoms with van der Waals surface area (Å²) in [6.45, 7) is 2.32. The van der Waals surface area contributed by atoms with E-state index < -0.39 is 5.67 Å². The van der Waals surface area contributed by atoms with E-state index in [1.807, 2.05) is 42.5 Å². The van der Waals surface area contributed by atoms with Gasteiger partial charge < -0.3 is 10.6 Å². The van der Waals surface area contributed by atoms with Crippen molar-refractivity contribution < 1.29 is 4.39 Å². The van der Waals surface area contributed by atoms with Crippen molar-refractivity contribution in [3.63, 3.8) is 0 Å². The fourth-order valence-corrected chi connectivity index (χ4v) is 10.3. The quantitative estimate of drug-likeness (QED) is 0.112. The number of aliphatic imine (C=N–C) groups is 2. The van der Waals surface area contributed by atoms with Crippen LogP contribution in [0.5, 0.6) is 0 Å². The predicted molar refractivity (Wildman–Crippen MR) is 271 cm³/mol. The molecule has 0 amide bonds. The maximum absolute atomic E-state index is 17.1. The van der Waals surface area contributed by atoms with Crippen LogP contribution in [0.15, 0.2) is 222 Å². The van der Waals surface area contributed by atoms with Crippen molar-refractivity contribution in [2.24, 2.45) is 21.8 Å². The summed E-state index contributed by atoms with van der Waals surface area (Å²) in [7, 11) is 1.80. The van der Waals surface area contributed by atoms with Gasteiger partial charge in [0.2, 0.25) is 0 Å². The second-order valence-corrected chi connectivity index (χ2v) is 17.9. The average molecular weight is 859 g/mol. The second-order valence-electron chi connectivity index (χ2n) is 17.9. The third kappa shape index (κ3) is 7.96. The normalized spacial score (nSPS) is 21.0. The molecule has 0 spiro atoms. The van der Waals surface area contributed by atoms with Gasteiger partial charge in [0, 0.05) is 29.4 Å². The highest BCUT2D eigenvalue weighted by Crippen LogP contribution is 2.65. The zero-order valence-corrected chi connectivity index (χ0v) is 37.3. The summed E-state index contributed by atoms with van der Waals surface area (Å²) in [5, 5.41) is 7.44. The number of nitrogens with one attached hydrogen (secondary N) is 2. The molecule has 4 atom stereocenters. The number of halogens is 1. The van der Waals surface area contributed by atoms with E-state index in [4.69, 9.17) is 4.99 Å².